The quantitative estimate of drug-likeness (QED) is 0.0622. The lowest BCUT2D eigenvalue weighted by Gasteiger charge is -2.32. The van der Waals surface area contributed by atoms with Gasteiger partial charge in [-0.05, 0) is 42.4 Å². The lowest BCUT2D eigenvalue weighted by Crippen LogP contribution is -2.57. The van der Waals surface area contributed by atoms with Gasteiger partial charge in [-0.25, -0.2) is 0 Å². The van der Waals surface area contributed by atoms with E-state index in [2.05, 4.69) is 21.3 Å². The fourth-order valence-electron chi connectivity index (χ4n) is 5.59. The number of carboxylic acid groups (broad SMARTS) is 1. The van der Waals surface area contributed by atoms with Crippen LogP contribution in [-0.2, 0) is 28.8 Å². The average Bonchev–Trinajstić information content (AvgIpc) is 2.94. The molecule has 0 aromatic rings. The molecule has 49 heavy (non-hydrogen) atoms. The van der Waals surface area contributed by atoms with Crippen LogP contribution in [0, 0.1) is 29.6 Å². The molecular weight excluding hydrogens is 638 g/mol. The highest BCUT2D eigenvalue weighted by molar-refractivity contribution is 5.90. The number of Topliss-reactive ketones (excluding diaryl/α,β-unsaturated/α-hetero) is 1. The maximum Gasteiger partial charge on any atom is 0.306 e. The van der Waals surface area contributed by atoms with Crippen LogP contribution in [0.25, 0.3) is 0 Å². The van der Waals surface area contributed by atoms with Gasteiger partial charge in [-0.15, -0.1) is 0 Å². The van der Waals surface area contributed by atoms with Crippen molar-refractivity contribution in [2.45, 2.75) is 143 Å². The van der Waals surface area contributed by atoms with E-state index in [9.17, 15) is 44.1 Å². The number of carbonyl (C=O) groups is 6. The Morgan fingerprint density at radius 1 is 0.633 bits per heavy atom. The zero-order valence-electron chi connectivity index (χ0n) is 30.7. The second-order valence-electron chi connectivity index (χ2n) is 14.8. The van der Waals surface area contributed by atoms with Crippen molar-refractivity contribution in [1.82, 2.24) is 21.3 Å². The van der Waals surface area contributed by atoms with Gasteiger partial charge in [0.05, 0.1) is 49.8 Å². The summed E-state index contributed by atoms with van der Waals surface area (Å²) in [6.45, 7) is 15.6. The third-order valence-electron chi connectivity index (χ3n) is 8.04. The van der Waals surface area contributed by atoms with Gasteiger partial charge in [0.25, 0.3) is 0 Å². The van der Waals surface area contributed by atoms with E-state index in [0.717, 1.165) is 0 Å². The minimum Gasteiger partial charge on any atom is -0.481 e. The number of nitrogens with two attached hydrogens (primary N) is 1. The fourth-order valence-corrected chi connectivity index (χ4v) is 5.59. The van der Waals surface area contributed by atoms with Crippen molar-refractivity contribution in [3.8, 4) is 0 Å². The molecule has 0 spiro atoms. The molecule has 10 N–H and O–H groups in total. The number of aliphatic carboxylic acids is 1. The van der Waals surface area contributed by atoms with E-state index in [-0.39, 0.29) is 54.6 Å². The Bertz CT molecular complexity index is 1080. The molecule has 15 nitrogen and oxygen atoms in total. The maximum absolute atomic E-state index is 13.3. The van der Waals surface area contributed by atoms with Crippen LogP contribution >= 0.6 is 0 Å². The minimum absolute atomic E-state index is 0.00624. The molecule has 0 bridgehead atoms. The maximum atomic E-state index is 13.3. The second-order valence-corrected chi connectivity index (χ2v) is 14.8. The smallest absolute Gasteiger partial charge is 0.306 e. The van der Waals surface area contributed by atoms with Crippen LogP contribution in [0.15, 0.2) is 0 Å². The molecule has 0 heterocycles. The number of carbonyl (C=O) groups excluding carboxylic acids is 5. The number of primary amides is 1. The van der Waals surface area contributed by atoms with E-state index < -0.39 is 91.5 Å². The molecule has 15 heteroatoms. The highest BCUT2D eigenvalue weighted by atomic mass is 16.4. The number of rotatable bonds is 25. The van der Waals surface area contributed by atoms with Crippen molar-refractivity contribution >= 4 is 35.4 Å². The number of ketones is 1. The molecule has 8 atom stereocenters. The van der Waals surface area contributed by atoms with Crippen LogP contribution in [0.1, 0.15) is 101 Å². The van der Waals surface area contributed by atoms with E-state index in [0.29, 0.717) is 6.42 Å². The summed E-state index contributed by atoms with van der Waals surface area (Å²) in [5.41, 5.74) is 5.73. The summed E-state index contributed by atoms with van der Waals surface area (Å²) >= 11 is 0. The first-order chi connectivity index (χ1) is 22.6. The SMILES string of the molecule is CC(C)CC(=O)N[C@H](C(=O)C[C@H](C)[C@H](N[C@@H](CC(C)C)C(O)CC(=O)NC(CO)C(=O)NC(CC(C)C)[C@@H](O)CC(=O)O)C(N)=O)C(C)C. The first-order valence-electron chi connectivity index (χ1n) is 17.2. The zero-order valence-corrected chi connectivity index (χ0v) is 30.7. The first-order valence-corrected chi connectivity index (χ1v) is 17.2. The molecule has 0 rings (SSSR count). The van der Waals surface area contributed by atoms with Crippen molar-refractivity contribution in [2.75, 3.05) is 6.61 Å². The summed E-state index contributed by atoms with van der Waals surface area (Å²) in [4.78, 5) is 75.3. The Labute approximate surface area is 290 Å². The number of nitrogens with one attached hydrogen (secondary N) is 4. The van der Waals surface area contributed by atoms with Gasteiger partial charge in [-0.3, -0.25) is 28.8 Å². The van der Waals surface area contributed by atoms with E-state index in [1.165, 1.54) is 0 Å². The van der Waals surface area contributed by atoms with E-state index in [4.69, 9.17) is 10.8 Å². The molecule has 3 unspecified atom stereocenters. The molecule has 0 saturated heterocycles. The summed E-state index contributed by atoms with van der Waals surface area (Å²) in [7, 11) is 0. The summed E-state index contributed by atoms with van der Waals surface area (Å²) in [6, 6.07) is -5.08. The number of aliphatic hydroxyl groups excluding tert-OH is 3. The van der Waals surface area contributed by atoms with Crippen molar-refractivity contribution in [2.24, 2.45) is 35.3 Å². The van der Waals surface area contributed by atoms with Crippen LogP contribution in [0.2, 0.25) is 0 Å². The Morgan fingerprint density at radius 3 is 1.59 bits per heavy atom. The van der Waals surface area contributed by atoms with Crippen molar-refractivity contribution in [1.29, 1.82) is 0 Å². The van der Waals surface area contributed by atoms with Crippen LogP contribution in [-0.4, -0.2) is 105 Å². The average molecular weight is 702 g/mol. The summed E-state index contributed by atoms with van der Waals surface area (Å²) in [5.74, 6) is -4.94. The van der Waals surface area contributed by atoms with Gasteiger partial charge in [0.1, 0.15) is 6.04 Å². The number of carboxylic acids is 1. The van der Waals surface area contributed by atoms with Crippen LogP contribution < -0.4 is 27.0 Å². The van der Waals surface area contributed by atoms with Crippen molar-refractivity contribution in [3.63, 3.8) is 0 Å². The molecule has 0 aliphatic rings. The third kappa shape index (κ3) is 18.4. The van der Waals surface area contributed by atoms with Crippen LogP contribution in [0.3, 0.4) is 0 Å². The monoisotopic (exact) mass is 701 g/mol. The van der Waals surface area contributed by atoms with E-state index in [1.54, 1.807) is 6.92 Å². The van der Waals surface area contributed by atoms with Gasteiger partial charge < -0.3 is 47.4 Å². The molecule has 0 radical (unpaired) electrons. The molecule has 0 aliphatic carbocycles. The largest absolute Gasteiger partial charge is 0.481 e. The topological polar surface area (TPSA) is 257 Å². The molecule has 0 saturated carbocycles. The summed E-state index contributed by atoms with van der Waals surface area (Å²) in [6.07, 6.45) is -3.21. The zero-order chi connectivity index (χ0) is 38.2. The van der Waals surface area contributed by atoms with Gasteiger partial charge in [-0.2, -0.15) is 0 Å². The predicted octanol–water partition coefficient (Wildman–Crippen LogP) is 0.221. The highest BCUT2D eigenvalue weighted by Gasteiger charge is 2.35. The second kappa shape index (κ2) is 22.6. The normalized spacial score (nSPS) is 16.7. The van der Waals surface area contributed by atoms with Gasteiger partial charge in [-0.1, -0.05) is 62.3 Å². The van der Waals surface area contributed by atoms with Crippen molar-refractivity contribution < 1.29 is 49.2 Å². The molecule has 0 aromatic heterocycles. The highest BCUT2D eigenvalue weighted by Crippen LogP contribution is 2.19. The number of hydrogen-bond acceptors (Lipinski definition) is 10. The minimum atomic E-state index is -1.46. The Balaban J connectivity index is 5.74. The Hall–Kier alpha value is -3.14. The fraction of sp³-hybridized carbons (Fsp3) is 0.824. The lowest BCUT2D eigenvalue weighted by atomic mass is 9.87. The van der Waals surface area contributed by atoms with E-state index >= 15 is 0 Å². The van der Waals surface area contributed by atoms with Gasteiger partial charge in [0.2, 0.25) is 23.6 Å². The number of hydrogen-bond donors (Lipinski definition) is 9. The third-order valence-corrected chi connectivity index (χ3v) is 8.04. The van der Waals surface area contributed by atoms with Gasteiger partial charge in [0.15, 0.2) is 5.78 Å². The molecule has 0 fully saturated rings. The molecule has 0 aromatic carbocycles. The number of amides is 4. The molecule has 0 aliphatic heterocycles. The van der Waals surface area contributed by atoms with Gasteiger partial charge in [0, 0.05) is 18.9 Å². The van der Waals surface area contributed by atoms with Gasteiger partial charge >= 0.3 is 5.97 Å². The molecule has 284 valence electrons. The molecular formula is C34H63N5O10. The Morgan fingerprint density at radius 2 is 1.14 bits per heavy atom. The number of aliphatic hydroxyl groups is 3. The Kier molecular flexibility index (Phi) is 21.1. The summed E-state index contributed by atoms with van der Waals surface area (Å²) < 4.78 is 0. The predicted molar refractivity (Wildman–Crippen MR) is 184 cm³/mol. The first kappa shape index (κ1) is 45.9. The standard InChI is InChI=1S/C34H63N5O10/c1-17(2)10-22(37-32(33(35)48)21(9)13-27(43)31(20(7)8)39-28(44)12-19(5)6)25(41)14-29(45)36-24(16-40)34(49)38-23(11-18(3)4)26(42)15-30(46)47/h17-26,31-32,37,40-42H,10-16H2,1-9H3,(H2,35,48)(H,36,45)(H,38,49)(H,39,44)(H,46,47)/t21-,22-,23?,24?,25?,26-,31-,32-/m0/s1. The van der Waals surface area contributed by atoms with Crippen LogP contribution in [0.5, 0.6) is 0 Å². The lowest BCUT2D eigenvalue weighted by molar-refractivity contribution is -0.140. The van der Waals surface area contributed by atoms with Crippen LogP contribution in [0.4, 0.5) is 0 Å². The molecule has 4 amide bonds. The van der Waals surface area contributed by atoms with Crippen molar-refractivity contribution in [3.05, 3.63) is 0 Å². The summed E-state index contributed by atoms with van der Waals surface area (Å²) in [5, 5.41) is 51.1. The van der Waals surface area contributed by atoms with E-state index in [1.807, 2.05) is 55.4 Å².